The maximum atomic E-state index is 12.2. The summed E-state index contributed by atoms with van der Waals surface area (Å²) < 4.78 is 6.80. The smallest absolute Gasteiger partial charge is 0.255 e. The van der Waals surface area contributed by atoms with Gasteiger partial charge in [0.1, 0.15) is 17.8 Å². The molecule has 0 unspecified atom stereocenters. The molecule has 0 saturated carbocycles. The molecule has 1 heterocycles. The lowest BCUT2D eigenvalue weighted by atomic mass is 10.2. The number of carbonyl (C=O) groups excluding carboxylic acids is 1. The van der Waals surface area contributed by atoms with Crippen LogP contribution >= 0.6 is 11.6 Å². The summed E-state index contributed by atoms with van der Waals surface area (Å²) in [5.74, 6) is 0.269. The molecule has 0 atom stereocenters. The second kappa shape index (κ2) is 6.45. The number of tetrazole rings is 1. The highest BCUT2D eigenvalue weighted by Gasteiger charge is 2.11. The van der Waals surface area contributed by atoms with Gasteiger partial charge < -0.3 is 10.1 Å². The number of rotatable bonds is 4. The zero-order valence-electron chi connectivity index (χ0n) is 12.1. The number of ether oxygens (including phenoxy) is 1. The highest BCUT2D eigenvalue weighted by molar-refractivity contribution is 6.31. The van der Waals surface area contributed by atoms with Gasteiger partial charge in [0.25, 0.3) is 5.91 Å². The minimum Gasteiger partial charge on any atom is -0.494 e. The van der Waals surface area contributed by atoms with E-state index < -0.39 is 0 Å². The summed E-state index contributed by atoms with van der Waals surface area (Å²) in [6.07, 6.45) is 1.46. The molecule has 0 aliphatic carbocycles. The molecular formula is C15H12ClN5O2. The molecule has 8 heteroatoms. The number of benzene rings is 2. The second-order valence-electron chi connectivity index (χ2n) is 4.61. The van der Waals surface area contributed by atoms with E-state index in [2.05, 4.69) is 20.8 Å². The van der Waals surface area contributed by atoms with Crippen molar-refractivity contribution >= 4 is 23.2 Å². The number of carbonyl (C=O) groups is 1. The third kappa shape index (κ3) is 3.29. The van der Waals surface area contributed by atoms with Gasteiger partial charge >= 0.3 is 0 Å². The van der Waals surface area contributed by atoms with Crippen molar-refractivity contribution in [3.8, 4) is 11.4 Å². The molecule has 0 fully saturated rings. The average Bonchev–Trinajstić information content (AvgIpc) is 3.09. The number of nitrogens with zero attached hydrogens (tertiary/aromatic N) is 4. The van der Waals surface area contributed by atoms with Gasteiger partial charge in [-0.3, -0.25) is 4.79 Å². The standard InChI is InChI=1S/C15H12ClN5O2/c1-23-14-8-12(5-6-13(14)21-9-17-19-20-21)18-15(22)10-3-2-4-11(16)7-10/h2-9H,1H3,(H,18,22). The number of aromatic nitrogens is 4. The van der Waals surface area contributed by atoms with E-state index in [9.17, 15) is 4.79 Å². The Morgan fingerprint density at radius 3 is 2.83 bits per heavy atom. The number of anilines is 1. The zero-order chi connectivity index (χ0) is 16.2. The predicted octanol–water partition coefficient (Wildman–Crippen LogP) is 2.58. The third-order valence-electron chi connectivity index (χ3n) is 3.12. The molecule has 1 aromatic heterocycles. The van der Waals surface area contributed by atoms with Gasteiger partial charge in [-0.2, -0.15) is 4.68 Å². The minimum absolute atomic E-state index is 0.260. The summed E-state index contributed by atoms with van der Waals surface area (Å²) >= 11 is 5.90. The van der Waals surface area contributed by atoms with Crippen LogP contribution < -0.4 is 10.1 Å². The molecule has 1 N–H and O–H groups in total. The summed E-state index contributed by atoms with van der Waals surface area (Å²) in [4.78, 5) is 12.2. The molecule has 2 aromatic carbocycles. The van der Waals surface area contributed by atoms with Crippen molar-refractivity contribution in [2.75, 3.05) is 12.4 Å². The first-order valence-electron chi connectivity index (χ1n) is 6.65. The van der Waals surface area contributed by atoms with Gasteiger partial charge in [0, 0.05) is 22.3 Å². The summed E-state index contributed by atoms with van der Waals surface area (Å²) in [5, 5.41) is 14.3. The first kappa shape index (κ1) is 15.0. The fourth-order valence-electron chi connectivity index (χ4n) is 2.05. The first-order chi connectivity index (χ1) is 11.2. The van der Waals surface area contributed by atoms with Gasteiger partial charge in [-0.25, -0.2) is 0 Å². The fourth-order valence-corrected chi connectivity index (χ4v) is 2.24. The largest absolute Gasteiger partial charge is 0.494 e. The van der Waals surface area contributed by atoms with Gasteiger partial charge in [0.05, 0.1) is 7.11 Å². The van der Waals surface area contributed by atoms with E-state index in [1.54, 1.807) is 42.5 Å². The summed E-state index contributed by atoms with van der Waals surface area (Å²) in [5.41, 5.74) is 1.72. The van der Waals surface area contributed by atoms with Gasteiger partial charge in [-0.05, 0) is 40.8 Å². The van der Waals surface area contributed by atoms with E-state index >= 15 is 0 Å². The SMILES string of the molecule is COc1cc(NC(=O)c2cccc(Cl)c2)ccc1-n1cnnn1. The molecule has 0 aliphatic rings. The fraction of sp³-hybridized carbons (Fsp3) is 0.0667. The highest BCUT2D eigenvalue weighted by atomic mass is 35.5. The Hall–Kier alpha value is -2.93. The number of methoxy groups -OCH3 is 1. The monoisotopic (exact) mass is 329 g/mol. The van der Waals surface area contributed by atoms with Crippen molar-refractivity contribution in [3.63, 3.8) is 0 Å². The summed E-state index contributed by atoms with van der Waals surface area (Å²) in [6.45, 7) is 0. The third-order valence-corrected chi connectivity index (χ3v) is 3.36. The second-order valence-corrected chi connectivity index (χ2v) is 5.04. The molecule has 116 valence electrons. The van der Waals surface area contributed by atoms with Crippen LogP contribution in [0, 0.1) is 0 Å². The summed E-state index contributed by atoms with van der Waals surface area (Å²) in [7, 11) is 1.53. The highest BCUT2D eigenvalue weighted by Crippen LogP contribution is 2.26. The first-order valence-corrected chi connectivity index (χ1v) is 7.03. The Balaban J connectivity index is 1.85. The molecule has 0 bridgehead atoms. The molecule has 0 spiro atoms. The van der Waals surface area contributed by atoms with Crippen LogP contribution in [0.1, 0.15) is 10.4 Å². The maximum Gasteiger partial charge on any atom is 0.255 e. The molecule has 0 saturated heterocycles. The number of amides is 1. The van der Waals surface area contributed by atoms with Crippen LogP contribution in [0.2, 0.25) is 5.02 Å². The Bertz CT molecular complexity index is 836. The number of halogens is 1. The summed E-state index contributed by atoms with van der Waals surface area (Å²) in [6, 6.07) is 11.9. The van der Waals surface area contributed by atoms with E-state index in [1.165, 1.54) is 18.1 Å². The average molecular weight is 330 g/mol. The number of hydrogen-bond donors (Lipinski definition) is 1. The van der Waals surface area contributed by atoms with Gasteiger partial charge in [0.2, 0.25) is 0 Å². The Kier molecular flexibility index (Phi) is 4.20. The Labute approximate surface area is 136 Å². The molecule has 7 nitrogen and oxygen atoms in total. The van der Waals surface area contributed by atoms with E-state index in [0.29, 0.717) is 27.7 Å². The van der Waals surface area contributed by atoms with Crippen molar-refractivity contribution in [1.29, 1.82) is 0 Å². The van der Waals surface area contributed by atoms with E-state index in [0.717, 1.165) is 0 Å². The van der Waals surface area contributed by atoms with Crippen LogP contribution in [0.3, 0.4) is 0 Å². The molecule has 3 aromatic rings. The topological polar surface area (TPSA) is 81.9 Å². The lowest BCUT2D eigenvalue weighted by Crippen LogP contribution is -2.12. The van der Waals surface area contributed by atoms with Crippen LogP contribution in [-0.4, -0.2) is 33.2 Å². The molecule has 0 radical (unpaired) electrons. The number of hydrogen-bond acceptors (Lipinski definition) is 5. The van der Waals surface area contributed by atoms with Gasteiger partial charge in [0.15, 0.2) is 0 Å². The van der Waals surface area contributed by atoms with E-state index in [4.69, 9.17) is 16.3 Å². The van der Waals surface area contributed by atoms with Gasteiger partial charge in [-0.15, -0.1) is 5.10 Å². The predicted molar refractivity (Wildman–Crippen MR) is 85.1 cm³/mol. The molecular weight excluding hydrogens is 318 g/mol. The van der Waals surface area contributed by atoms with Crippen LogP contribution in [0.25, 0.3) is 5.69 Å². The van der Waals surface area contributed by atoms with Crippen molar-refractivity contribution in [2.45, 2.75) is 0 Å². The molecule has 1 amide bonds. The van der Waals surface area contributed by atoms with E-state index in [-0.39, 0.29) is 5.91 Å². The van der Waals surface area contributed by atoms with Crippen LogP contribution in [0.15, 0.2) is 48.8 Å². The van der Waals surface area contributed by atoms with Crippen molar-refractivity contribution < 1.29 is 9.53 Å². The van der Waals surface area contributed by atoms with Gasteiger partial charge in [-0.1, -0.05) is 17.7 Å². The quantitative estimate of drug-likeness (QED) is 0.795. The van der Waals surface area contributed by atoms with Crippen LogP contribution in [0.5, 0.6) is 5.75 Å². The van der Waals surface area contributed by atoms with Crippen molar-refractivity contribution in [1.82, 2.24) is 20.2 Å². The molecule has 0 aliphatic heterocycles. The lowest BCUT2D eigenvalue weighted by molar-refractivity contribution is 0.102. The maximum absolute atomic E-state index is 12.2. The van der Waals surface area contributed by atoms with Crippen LogP contribution in [0.4, 0.5) is 5.69 Å². The Morgan fingerprint density at radius 1 is 1.26 bits per heavy atom. The van der Waals surface area contributed by atoms with Crippen molar-refractivity contribution in [3.05, 3.63) is 59.4 Å². The lowest BCUT2D eigenvalue weighted by Gasteiger charge is -2.11. The van der Waals surface area contributed by atoms with E-state index in [1.807, 2.05) is 0 Å². The Morgan fingerprint density at radius 2 is 2.13 bits per heavy atom. The molecule has 3 rings (SSSR count). The normalized spacial score (nSPS) is 10.3. The van der Waals surface area contributed by atoms with Crippen LogP contribution in [-0.2, 0) is 0 Å². The molecule has 23 heavy (non-hydrogen) atoms. The number of nitrogens with one attached hydrogen (secondary N) is 1. The zero-order valence-corrected chi connectivity index (χ0v) is 12.9. The minimum atomic E-state index is -0.260. The van der Waals surface area contributed by atoms with Crippen molar-refractivity contribution in [2.24, 2.45) is 0 Å².